The van der Waals surface area contributed by atoms with E-state index in [4.69, 9.17) is 25.9 Å². The number of carbonyl (C=O) groups is 1. The molecule has 0 aliphatic carbocycles. The Balaban J connectivity index is 1.30. The van der Waals surface area contributed by atoms with Crippen molar-refractivity contribution in [3.05, 3.63) is 101 Å². The van der Waals surface area contributed by atoms with Crippen molar-refractivity contribution in [1.29, 1.82) is 0 Å². The fraction of sp³-hybridized carbons (Fsp3) is 0.310. The highest BCUT2D eigenvalue weighted by Gasteiger charge is 2.15. The molecule has 1 amide bonds. The zero-order valence-corrected chi connectivity index (χ0v) is 21.0. The first kappa shape index (κ1) is 25.7. The van der Waals surface area contributed by atoms with Gasteiger partial charge in [-0.2, -0.15) is 0 Å². The SMILES string of the molecule is O=C(COc1ccc(CC(=NOCc2ccc(Cl)cc2)c2ccccc2)cc1)NCC1CCOCC1. The van der Waals surface area contributed by atoms with Crippen LogP contribution >= 0.6 is 11.6 Å². The molecule has 188 valence electrons. The Kier molecular flexibility index (Phi) is 9.77. The molecular weight excluding hydrogens is 476 g/mol. The lowest BCUT2D eigenvalue weighted by molar-refractivity contribution is -0.123. The highest BCUT2D eigenvalue weighted by Crippen LogP contribution is 2.16. The molecule has 0 bridgehead atoms. The third kappa shape index (κ3) is 8.40. The van der Waals surface area contributed by atoms with E-state index in [2.05, 4.69) is 10.5 Å². The highest BCUT2D eigenvalue weighted by molar-refractivity contribution is 6.30. The van der Waals surface area contributed by atoms with Crippen LogP contribution in [0.5, 0.6) is 5.75 Å². The van der Waals surface area contributed by atoms with Crippen molar-refractivity contribution in [2.45, 2.75) is 25.9 Å². The fourth-order valence-corrected chi connectivity index (χ4v) is 4.01. The Morgan fingerprint density at radius 1 is 0.944 bits per heavy atom. The van der Waals surface area contributed by atoms with E-state index in [0.29, 0.717) is 36.3 Å². The van der Waals surface area contributed by atoms with E-state index in [0.717, 1.165) is 48.5 Å². The summed E-state index contributed by atoms with van der Waals surface area (Å²) in [6.45, 7) is 2.57. The molecule has 0 unspecified atom stereocenters. The van der Waals surface area contributed by atoms with Crippen LogP contribution in [0, 0.1) is 5.92 Å². The minimum Gasteiger partial charge on any atom is -0.484 e. The first-order valence-electron chi connectivity index (χ1n) is 12.2. The average Bonchev–Trinajstić information content (AvgIpc) is 2.93. The Morgan fingerprint density at radius 3 is 2.36 bits per heavy atom. The maximum Gasteiger partial charge on any atom is 0.257 e. The minimum absolute atomic E-state index is 0.00215. The summed E-state index contributed by atoms with van der Waals surface area (Å²) in [6, 6.07) is 25.2. The third-order valence-corrected chi connectivity index (χ3v) is 6.27. The second kappa shape index (κ2) is 13.7. The van der Waals surface area contributed by atoms with E-state index < -0.39 is 0 Å². The zero-order valence-electron chi connectivity index (χ0n) is 20.2. The van der Waals surface area contributed by atoms with Gasteiger partial charge in [-0.15, -0.1) is 0 Å². The predicted molar refractivity (Wildman–Crippen MR) is 141 cm³/mol. The van der Waals surface area contributed by atoms with Gasteiger partial charge in [0, 0.05) is 31.2 Å². The maximum atomic E-state index is 12.1. The molecule has 0 radical (unpaired) electrons. The first-order chi connectivity index (χ1) is 17.7. The van der Waals surface area contributed by atoms with E-state index in [1.807, 2.05) is 78.9 Å². The monoisotopic (exact) mass is 506 g/mol. The number of halogens is 1. The standard InChI is InChI=1S/C29H31ClN2O4/c30-26-10-6-24(7-11-26)20-36-32-28(25-4-2-1-3-5-25)18-22-8-12-27(13-9-22)35-21-29(33)31-19-23-14-16-34-17-15-23/h1-13,23H,14-21H2,(H,31,33). The Hall–Kier alpha value is -3.35. The molecule has 0 saturated carbocycles. The van der Waals surface area contributed by atoms with Crippen LogP contribution < -0.4 is 10.1 Å². The highest BCUT2D eigenvalue weighted by atomic mass is 35.5. The summed E-state index contributed by atoms with van der Waals surface area (Å²) in [5.74, 6) is 1.02. The number of nitrogens with one attached hydrogen (secondary N) is 1. The van der Waals surface area contributed by atoms with Gasteiger partial charge in [-0.1, -0.05) is 71.4 Å². The maximum absolute atomic E-state index is 12.1. The first-order valence-corrected chi connectivity index (χ1v) is 12.6. The molecule has 1 aliphatic heterocycles. The number of hydrogen-bond donors (Lipinski definition) is 1. The van der Waals surface area contributed by atoms with E-state index in [9.17, 15) is 4.79 Å². The van der Waals surface area contributed by atoms with Crippen LogP contribution in [0.15, 0.2) is 84.0 Å². The van der Waals surface area contributed by atoms with Crippen molar-refractivity contribution in [2.75, 3.05) is 26.4 Å². The van der Waals surface area contributed by atoms with Crippen molar-refractivity contribution in [2.24, 2.45) is 11.1 Å². The Morgan fingerprint density at radius 2 is 1.64 bits per heavy atom. The summed E-state index contributed by atoms with van der Waals surface area (Å²) in [6.07, 6.45) is 2.57. The molecule has 1 N–H and O–H groups in total. The number of amides is 1. The molecule has 36 heavy (non-hydrogen) atoms. The minimum atomic E-state index is -0.109. The molecule has 1 heterocycles. The molecule has 4 rings (SSSR count). The lowest BCUT2D eigenvalue weighted by Gasteiger charge is -2.22. The van der Waals surface area contributed by atoms with E-state index in [-0.39, 0.29) is 12.5 Å². The number of hydrogen-bond acceptors (Lipinski definition) is 5. The number of benzene rings is 3. The summed E-state index contributed by atoms with van der Waals surface area (Å²) in [4.78, 5) is 17.8. The smallest absolute Gasteiger partial charge is 0.257 e. The van der Waals surface area contributed by atoms with E-state index >= 15 is 0 Å². The quantitative estimate of drug-likeness (QED) is 0.278. The number of rotatable bonds is 11. The number of ether oxygens (including phenoxy) is 2. The van der Waals surface area contributed by atoms with Crippen molar-refractivity contribution in [3.8, 4) is 5.75 Å². The van der Waals surface area contributed by atoms with E-state index in [1.165, 1.54) is 0 Å². The van der Waals surface area contributed by atoms with Gasteiger partial charge in [0.2, 0.25) is 0 Å². The largest absolute Gasteiger partial charge is 0.484 e. The molecule has 1 saturated heterocycles. The second-order valence-corrected chi connectivity index (χ2v) is 9.21. The van der Waals surface area contributed by atoms with Crippen molar-refractivity contribution in [3.63, 3.8) is 0 Å². The zero-order chi connectivity index (χ0) is 25.0. The van der Waals surface area contributed by atoms with Crippen LogP contribution in [0.2, 0.25) is 5.02 Å². The van der Waals surface area contributed by atoms with Crippen molar-refractivity contribution < 1.29 is 19.1 Å². The average molecular weight is 507 g/mol. The van der Waals surface area contributed by atoms with Gasteiger partial charge in [0.1, 0.15) is 12.4 Å². The molecular formula is C29H31ClN2O4. The van der Waals surface area contributed by atoms with Gasteiger partial charge in [0.15, 0.2) is 6.61 Å². The Bertz CT molecular complexity index is 1110. The molecule has 0 spiro atoms. The van der Waals surface area contributed by atoms with Crippen LogP contribution in [0.3, 0.4) is 0 Å². The summed E-state index contributed by atoms with van der Waals surface area (Å²) < 4.78 is 11.0. The molecule has 0 aromatic heterocycles. The van der Waals surface area contributed by atoms with Gasteiger partial charge < -0.3 is 19.6 Å². The van der Waals surface area contributed by atoms with Crippen molar-refractivity contribution >= 4 is 23.2 Å². The van der Waals surface area contributed by atoms with Crippen LogP contribution in [-0.4, -0.2) is 38.0 Å². The summed E-state index contributed by atoms with van der Waals surface area (Å²) >= 11 is 5.96. The van der Waals surface area contributed by atoms with Crippen LogP contribution in [-0.2, 0) is 27.4 Å². The topological polar surface area (TPSA) is 69.2 Å². The van der Waals surface area contributed by atoms with Crippen LogP contribution in [0.4, 0.5) is 0 Å². The van der Waals surface area contributed by atoms with Gasteiger partial charge in [0.25, 0.3) is 5.91 Å². The van der Waals surface area contributed by atoms with Gasteiger partial charge >= 0.3 is 0 Å². The van der Waals surface area contributed by atoms with E-state index in [1.54, 1.807) is 0 Å². The lowest BCUT2D eigenvalue weighted by atomic mass is 10.0. The summed E-state index contributed by atoms with van der Waals surface area (Å²) in [5.41, 5.74) is 3.87. The molecule has 3 aromatic carbocycles. The molecule has 3 aromatic rings. The number of carbonyl (C=O) groups excluding carboxylic acids is 1. The van der Waals surface area contributed by atoms with Gasteiger partial charge in [-0.05, 0) is 59.7 Å². The molecule has 1 aliphatic rings. The molecule has 1 fully saturated rings. The molecule has 0 atom stereocenters. The van der Waals surface area contributed by atoms with Gasteiger partial charge in [0.05, 0.1) is 5.71 Å². The van der Waals surface area contributed by atoms with Crippen LogP contribution in [0.25, 0.3) is 0 Å². The second-order valence-electron chi connectivity index (χ2n) is 8.77. The lowest BCUT2D eigenvalue weighted by Crippen LogP contribution is -2.35. The van der Waals surface area contributed by atoms with Crippen molar-refractivity contribution in [1.82, 2.24) is 5.32 Å². The fourth-order valence-electron chi connectivity index (χ4n) is 3.89. The van der Waals surface area contributed by atoms with Gasteiger partial charge in [-0.25, -0.2) is 0 Å². The number of oxime groups is 1. The molecule has 7 heteroatoms. The van der Waals surface area contributed by atoms with Crippen LogP contribution in [0.1, 0.15) is 29.5 Å². The predicted octanol–water partition coefficient (Wildman–Crippen LogP) is 5.43. The summed E-state index contributed by atoms with van der Waals surface area (Å²) in [5, 5.41) is 8.09. The third-order valence-electron chi connectivity index (χ3n) is 6.02. The normalized spacial score (nSPS) is 14.3. The number of nitrogens with zero attached hydrogens (tertiary/aromatic N) is 1. The Labute approximate surface area is 217 Å². The summed E-state index contributed by atoms with van der Waals surface area (Å²) in [7, 11) is 0. The molecule has 6 nitrogen and oxygen atoms in total. The van der Waals surface area contributed by atoms with Gasteiger partial charge in [-0.3, -0.25) is 4.79 Å².